The number of hydrogen-bond acceptors (Lipinski definition) is 2. The van der Waals surface area contributed by atoms with Crippen LogP contribution in [0.5, 0.6) is 0 Å². The Kier molecular flexibility index (Phi) is 3.25. The van der Waals surface area contributed by atoms with Crippen LogP contribution in [0.1, 0.15) is 20.3 Å². The van der Waals surface area contributed by atoms with Crippen LogP contribution in [0.15, 0.2) is 30.6 Å². The number of imidazole rings is 1. The summed E-state index contributed by atoms with van der Waals surface area (Å²) in [5.74, 6) is 0.643. The molecule has 0 saturated carbocycles. The van der Waals surface area contributed by atoms with Crippen molar-refractivity contribution in [1.82, 2.24) is 9.55 Å². The first kappa shape index (κ1) is 11.1. The molecule has 1 atom stereocenters. The number of hydrogen-bond donors (Lipinski definition) is 1. The Hall–Kier alpha value is -1.35. The van der Waals surface area contributed by atoms with E-state index in [9.17, 15) is 0 Å². The molecule has 86 valence electrons. The molecule has 0 aliphatic heterocycles. The summed E-state index contributed by atoms with van der Waals surface area (Å²) >= 11 is 0. The van der Waals surface area contributed by atoms with Crippen LogP contribution in [0.4, 0.5) is 0 Å². The number of benzene rings is 1. The van der Waals surface area contributed by atoms with Gasteiger partial charge in [0.05, 0.1) is 17.4 Å². The lowest BCUT2D eigenvalue weighted by Gasteiger charge is -2.15. The fourth-order valence-corrected chi connectivity index (χ4v) is 2.09. The summed E-state index contributed by atoms with van der Waals surface area (Å²) in [6.07, 6.45) is 2.93. The lowest BCUT2D eigenvalue weighted by molar-refractivity contribution is 0.451. The maximum atomic E-state index is 6.11. The van der Waals surface area contributed by atoms with Gasteiger partial charge in [-0.1, -0.05) is 26.0 Å². The fraction of sp³-hybridized carbons (Fsp3) is 0.462. The van der Waals surface area contributed by atoms with Crippen molar-refractivity contribution in [2.45, 2.75) is 32.9 Å². The van der Waals surface area contributed by atoms with Gasteiger partial charge in [0.15, 0.2) is 0 Å². The van der Waals surface area contributed by atoms with Crippen LogP contribution in [0.25, 0.3) is 11.0 Å². The predicted molar refractivity (Wildman–Crippen MR) is 67.2 cm³/mol. The molecule has 0 spiro atoms. The molecule has 2 N–H and O–H groups in total. The molecular weight excluding hydrogens is 198 g/mol. The van der Waals surface area contributed by atoms with E-state index in [4.69, 9.17) is 5.73 Å². The van der Waals surface area contributed by atoms with Crippen LogP contribution in [-0.4, -0.2) is 15.6 Å². The third-order valence-corrected chi connectivity index (χ3v) is 2.73. The minimum absolute atomic E-state index is 0.206. The first-order chi connectivity index (χ1) is 7.66. The van der Waals surface area contributed by atoms with Gasteiger partial charge in [0.2, 0.25) is 0 Å². The predicted octanol–water partition coefficient (Wildman–Crippen LogP) is 2.41. The van der Waals surface area contributed by atoms with Crippen LogP contribution in [-0.2, 0) is 6.54 Å². The van der Waals surface area contributed by atoms with E-state index >= 15 is 0 Å². The van der Waals surface area contributed by atoms with Crippen molar-refractivity contribution >= 4 is 11.0 Å². The first-order valence-electron chi connectivity index (χ1n) is 5.82. The Morgan fingerprint density at radius 3 is 2.81 bits per heavy atom. The fourth-order valence-electron chi connectivity index (χ4n) is 2.09. The Bertz CT molecular complexity index is 459. The molecule has 3 heteroatoms. The third kappa shape index (κ3) is 2.42. The standard InChI is InChI=1S/C13H19N3/c1-10(2)7-11(14)8-16-9-15-12-5-3-4-6-13(12)16/h3-6,9-11H,7-8,14H2,1-2H3. The van der Waals surface area contributed by atoms with E-state index in [1.165, 1.54) is 5.52 Å². The van der Waals surface area contributed by atoms with Gasteiger partial charge in [-0.15, -0.1) is 0 Å². The minimum Gasteiger partial charge on any atom is -0.329 e. The Morgan fingerprint density at radius 1 is 1.31 bits per heavy atom. The van der Waals surface area contributed by atoms with Gasteiger partial charge in [0.25, 0.3) is 0 Å². The van der Waals surface area contributed by atoms with Crippen LogP contribution in [0.2, 0.25) is 0 Å². The number of nitrogens with zero attached hydrogens (tertiary/aromatic N) is 2. The van der Waals surface area contributed by atoms with Crippen molar-refractivity contribution in [3.05, 3.63) is 30.6 Å². The smallest absolute Gasteiger partial charge is 0.0958 e. The number of rotatable bonds is 4. The molecule has 0 aliphatic carbocycles. The van der Waals surface area contributed by atoms with Crippen LogP contribution in [0.3, 0.4) is 0 Å². The van der Waals surface area contributed by atoms with Crippen LogP contribution >= 0.6 is 0 Å². The van der Waals surface area contributed by atoms with Crippen molar-refractivity contribution in [3.63, 3.8) is 0 Å². The van der Waals surface area contributed by atoms with Gasteiger partial charge in [0, 0.05) is 12.6 Å². The van der Waals surface area contributed by atoms with Gasteiger partial charge in [-0.05, 0) is 24.5 Å². The Balaban J connectivity index is 2.15. The Morgan fingerprint density at radius 2 is 2.06 bits per heavy atom. The second-order valence-electron chi connectivity index (χ2n) is 4.78. The number of nitrogens with two attached hydrogens (primary N) is 1. The second-order valence-corrected chi connectivity index (χ2v) is 4.78. The van der Waals surface area contributed by atoms with Gasteiger partial charge in [-0.2, -0.15) is 0 Å². The molecule has 0 aliphatic rings. The molecule has 2 rings (SSSR count). The topological polar surface area (TPSA) is 43.8 Å². The van der Waals surface area contributed by atoms with Crippen molar-refractivity contribution in [3.8, 4) is 0 Å². The van der Waals surface area contributed by atoms with Gasteiger partial charge in [-0.25, -0.2) is 4.98 Å². The highest BCUT2D eigenvalue weighted by atomic mass is 15.1. The summed E-state index contributed by atoms with van der Waals surface area (Å²) in [4.78, 5) is 4.36. The quantitative estimate of drug-likeness (QED) is 0.854. The minimum atomic E-state index is 0.206. The molecule has 0 fully saturated rings. The molecule has 1 aromatic heterocycles. The summed E-state index contributed by atoms with van der Waals surface area (Å²) in [5, 5.41) is 0. The molecule has 16 heavy (non-hydrogen) atoms. The first-order valence-corrected chi connectivity index (χ1v) is 5.82. The molecule has 1 aromatic carbocycles. The summed E-state index contributed by atoms with van der Waals surface area (Å²) in [5.41, 5.74) is 8.32. The van der Waals surface area contributed by atoms with Gasteiger partial charge >= 0.3 is 0 Å². The van der Waals surface area contributed by atoms with Crippen molar-refractivity contribution < 1.29 is 0 Å². The summed E-state index contributed by atoms with van der Waals surface area (Å²) in [6, 6.07) is 8.37. The molecular formula is C13H19N3. The zero-order valence-corrected chi connectivity index (χ0v) is 9.93. The third-order valence-electron chi connectivity index (χ3n) is 2.73. The van der Waals surface area contributed by atoms with E-state index in [1.807, 2.05) is 24.5 Å². The molecule has 2 aromatic rings. The van der Waals surface area contributed by atoms with Gasteiger partial charge in [0.1, 0.15) is 0 Å². The largest absolute Gasteiger partial charge is 0.329 e. The summed E-state index contributed by atoms with van der Waals surface area (Å²) in [7, 11) is 0. The number of aromatic nitrogens is 2. The van der Waals surface area contributed by atoms with Gasteiger partial charge < -0.3 is 10.3 Å². The molecule has 0 radical (unpaired) electrons. The van der Waals surface area contributed by atoms with E-state index in [-0.39, 0.29) is 6.04 Å². The van der Waals surface area contributed by atoms with Crippen LogP contribution < -0.4 is 5.73 Å². The average Bonchev–Trinajstić information content (AvgIpc) is 2.61. The molecule has 3 nitrogen and oxygen atoms in total. The maximum absolute atomic E-state index is 6.11. The number of para-hydroxylation sites is 2. The van der Waals surface area contributed by atoms with Gasteiger partial charge in [-0.3, -0.25) is 0 Å². The van der Waals surface area contributed by atoms with E-state index in [0.29, 0.717) is 5.92 Å². The highest BCUT2D eigenvalue weighted by Gasteiger charge is 2.08. The number of fused-ring (bicyclic) bond motifs is 1. The lowest BCUT2D eigenvalue weighted by atomic mass is 10.0. The highest BCUT2D eigenvalue weighted by Crippen LogP contribution is 2.13. The zero-order chi connectivity index (χ0) is 11.5. The van der Waals surface area contributed by atoms with Crippen LogP contribution in [0, 0.1) is 5.92 Å². The van der Waals surface area contributed by atoms with Crippen molar-refractivity contribution in [2.24, 2.45) is 11.7 Å². The molecule has 1 heterocycles. The maximum Gasteiger partial charge on any atom is 0.0958 e. The van der Waals surface area contributed by atoms with E-state index in [1.54, 1.807) is 0 Å². The average molecular weight is 217 g/mol. The summed E-state index contributed by atoms with van der Waals surface area (Å²) < 4.78 is 2.14. The molecule has 0 saturated heterocycles. The lowest BCUT2D eigenvalue weighted by Crippen LogP contribution is -2.27. The van der Waals surface area contributed by atoms with E-state index in [0.717, 1.165) is 18.5 Å². The normalized spacial score (nSPS) is 13.5. The molecule has 0 bridgehead atoms. The summed E-state index contributed by atoms with van der Waals surface area (Å²) in [6.45, 7) is 5.25. The Labute approximate surface area is 96.3 Å². The monoisotopic (exact) mass is 217 g/mol. The van der Waals surface area contributed by atoms with Crippen molar-refractivity contribution in [1.29, 1.82) is 0 Å². The SMILES string of the molecule is CC(C)CC(N)Cn1cnc2ccccc21. The highest BCUT2D eigenvalue weighted by molar-refractivity contribution is 5.74. The second kappa shape index (κ2) is 4.66. The molecule has 0 amide bonds. The molecule has 1 unspecified atom stereocenters. The van der Waals surface area contributed by atoms with Crippen molar-refractivity contribution in [2.75, 3.05) is 0 Å². The van der Waals surface area contributed by atoms with E-state index < -0.39 is 0 Å². The zero-order valence-electron chi connectivity index (χ0n) is 9.93. The van der Waals surface area contributed by atoms with E-state index in [2.05, 4.69) is 29.5 Å².